The van der Waals surface area contributed by atoms with Crippen LogP contribution in [0.3, 0.4) is 0 Å². The second kappa shape index (κ2) is 18.3. The van der Waals surface area contributed by atoms with Crippen molar-refractivity contribution in [2.75, 3.05) is 4.90 Å². The van der Waals surface area contributed by atoms with Gasteiger partial charge in [0, 0.05) is 39.0 Å². The minimum atomic E-state index is -0.480. The lowest BCUT2D eigenvalue weighted by molar-refractivity contribution is 0.768. The molecule has 0 atom stereocenters. The molecule has 5 heteroatoms. The standard InChI is InChI=1S/C70H47N5/c1-6-20-48(21-7-1)49-34-39-56(40-35-49)74(58-43-44-64-61(47-58)59-30-16-18-32-63(59)70(64,54-26-12-4-13-27-54)55-28-14-5-15-29-55)57-41-36-50(37-42-57)53-38-45-66-62(46-53)60-31-17-19-33-65(60)75(66)69-72-67(51-22-8-2-9-23-51)71-68(73-69)52-24-10-3-11-25-52/h1-47H. The minimum Gasteiger partial charge on any atom is -0.310 e. The van der Waals surface area contributed by atoms with Crippen LogP contribution < -0.4 is 4.90 Å². The van der Waals surface area contributed by atoms with Crippen molar-refractivity contribution in [1.29, 1.82) is 0 Å². The number of fused-ring (bicyclic) bond motifs is 6. The fourth-order valence-electron chi connectivity index (χ4n) is 11.5. The Morgan fingerprint density at radius 3 is 1.33 bits per heavy atom. The average Bonchev–Trinajstić information content (AvgIpc) is 4.04. The van der Waals surface area contributed by atoms with Crippen LogP contribution in [0.1, 0.15) is 22.3 Å². The predicted molar refractivity (Wildman–Crippen MR) is 308 cm³/mol. The first-order chi connectivity index (χ1) is 37.2. The Morgan fingerprint density at radius 2 is 0.733 bits per heavy atom. The van der Waals surface area contributed by atoms with Gasteiger partial charge in [-0.1, -0.05) is 231 Å². The van der Waals surface area contributed by atoms with E-state index in [4.69, 9.17) is 15.0 Å². The lowest BCUT2D eigenvalue weighted by Gasteiger charge is -2.34. The Balaban J connectivity index is 0.889. The molecule has 0 saturated heterocycles. The normalized spacial score (nSPS) is 12.4. The number of hydrogen-bond donors (Lipinski definition) is 0. The van der Waals surface area contributed by atoms with Gasteiger partial charge in [-0.2, -0.15) is 9.97 Å². The first-order valence-corrected chi connectivity index (χ1v) is 25.5. The molecule has 2 heterocycles. The summed E-state index contributed by atoms with van der Waals surface area (Å²) in [6.45, 7) is 0. The zero-order valence-electron chi connectivity index (χ0n) is 40.9. The van der Waals surface area contributed by atoms with Gasteiger partial charge < -0.3 is 4.90 Å². The van der Waals surface area contributed by atoms with E-state index in [-0.39, 0.29) is 0 Å². The Bertz CT molecular complexity index is 4100. The molecule has 11 aromatic carbocycles. The van der Waals surface area contributed by atoms with E-state index >= 15 is 0 Å². The van der Waals surface area contributed by atoms with Crippen molar-refractivity contribution >= 4 is 38.9 Å². The van der Waals surface area contributed by atoms with Crippen LogP contribution in [-0.4, -0.2) is 19.5 Å². The molecule has 0 fully saturated rings. The van der Waals surface area contributed by atoms with E-state index in [0.717, 1.165) is 61.1 Å². The molecule has 0 aliphatic heterocycles. The summed E-state index contributed by atoms with van der Waals surface area (Å²) in [5.74, 6) is 1.82. The highest BCUT2D eigenvalue weighted by Crippen LogP contribution is 2.57. The highest BCUT2D eigenvalue weighted by atomic mass is 15.2. The maximum atomic E-state index is 5.15. The summed E-state index contributed by atoms with van der Waals surface area (Å²) in [5, 5.41) is 2.25. The molecule has 75 heavy (non-hydrogen) atoms. The van der Waals surface area contributed by atoms with Gasteiger partial charge in [0.1, 0.15) is 0 Å². The molecule has 0 saturated carbocycles. The average molecular weight is 958 g/mol. The van der Waals surface area contributed by atoms with Gasteiger partial charge in [-0.15, -0.1) is 0 Å². The van der Waals surface area contributed by atoms with E-state index in [1.165, 1.54) is 44.5 Å². The first kappa shape index (κ1) is 43.8. The maximum absolute atomic E-state index is 5.15. The zero-order valence-corrected chi connectivity index (χ0v) is 40.9. The van der Waals surface area contributed by atoms with Crippen LogP contribution in [-0.2, 0) is 5.41 Å². The van der Waals surface area contributed by atoms with E-state index in [1.807, 2.05) is 60.7 Å². The number of para-hydroxylation sites is 1. The van der Waals surface area contributed by atoms with Crippen molar-refractivity contribution in [2.45, 2.75) is 5.41 Å². The fraction of sp³-hybridized carbons (Fsp3) is 0.0143. The van der Waals surface area contributed by atoms with Gasteiger partial charge in [0.05, 0.1) is 16.4 Å². The van der Waals surface area contributed by atoms with Crippen LogP contribution in [0.4, 0.5) is 17.1 Å². The highest BCUT2D eigenvalue weighted by Gasteiger charge is 2.46. The molecule has 14 rings (SSSR count). The second-order valence-electron chi connectivity index (χ2n) is 19.2. The van der Waals surface area contributed by atoms with Gasteiger partial charge in [-0.25, -0.2) is 4.98 Å². The largest absolute Gasteiger partial charge is 0.310 e. The molecular weight excluding hydrogens is 911 g/mol. The van der Waals surface area contributed by atoms with Crippen LogP contribution in [0, 0.1) is 0 Å². The minimum absolute atomic E-state index is 0.480. The number of hydrogen-bond acceptors (Lipinski definition) is 4. The lowest BCUT2D eigenvalue weighted by atomic mass is 9.68. The maximum Gasteiger partial charge on any atom is 0.238 e. The lowest BCUT2D eigenvalue weighted by Crippen LogP contribution is -2.28. The number of anilines is 3. The van der Waals surface area contributed by atoms with Crippen molar-refractivity contribution in [2.24, 2.45) is 0 Å². The Kier molecular flexibility index (Phi) is 10.7. The van der Waals surface area contributed by atoms with Crippen LogP contribution >= 0.6 is 0 Å². The number of nitrogens with zero attached hydrogens (tertiary/aromatic N) is 5. The van der Waals surface area contributed by atoms with Gasteiger partial charge in [-0.05, 0) is 110 Å². The predicted octanol–water partition coefficient (Wildman–Crippen LogP) is 17.5. The molecule has 0 radical (unpaired) electrons. The second-order valence-corrected chi connectivity index (χ2v) is 19.2. The molecule has 0 unspecified atom stereocenters. The van der Waals surface area contributed by atoms with Gasteiger partial charge >= 0.3 is 0 Å². The van der Waals surface area contributed by atoms with Crippen LogP contribution in [0.2, 0.25) is 0 Å². The summed E-state index contributed by atoms with van der Waals surface area (Å²) < 4.78 is 2.18. The van der Waals surface area contributed by atoms with E-state index in [1.54, 1.807) is 0 Å². The summed E-state index contributed by atoms with van der Waals surface area (Å²) in [6.07, 6.45) is 0. The molecule has 0 N–H and O–H groups in total. The van der Waals surface area contributed by atoms with E-state index in [0.29, 0.717) is 17.6 Å². The Labute approximate surface area is 436 Å². The van der Waals surface area contributed by atoms with Crippen molar-refractivity contribution in [1.82, 2.24) is 19.5 Å². The molecule has 5 nitrogen and oxygen atoms in total. The summed E-state index contributed by atoms with van der Waals surface area (Å²) >= 11 is 0. The van der Waals surface area contributed by atoms with Gasteiger partial charge in [0.15, 0.2) is 11.6 Å². The summed E-state index contributed by atoms with van der Waals surface area (Å²) in [7, 11) is 0. The van der Waals surface area contributed by atoms with Crippen molar-refractivity contribution in [3.8, 4) is 62.1 Å². The van der Waals surface area contributed by atoms with Crippen molar-refractivity contribution < 1.29 is 0 Å². The number of benzene rings is 11. The molecule has 2 aromatic heterocycles. The third kappa shape index (κ3) is 7.44. The third-order valence-electron chi connectivity index (χ3n) is 15.0. The smallest absolute Gasteiger partial charge is 0.238 e. The zero-order chi connectivity index (χ0) is 49.7. The topological polar surface area (TPSA) is 46.8 Å². The summed E-state index contributed by atoms with van der Waals surface area (Å²) in [6, 6.07) is 102. The van der Waals surface area contributed by atoms with Crippen molar-refractivity contribution in [3.63, 3.8) is 0 Å². The molecule has 0 amide bonds. The van der Waals surface area contributed by atoms with E-state index in [2.05, 4.69) is 234 Å². The SMILES string of the molecule is c1ccc(-c2ccc(N(c3ccc(-c4ccc5c(c4)c4ccccc4n5-c4nc(-c5ccccc5)nc(-c5ccccc5)n4)cc3)c3ccc4c(c3)-c3ccccc3C4(c3ccccc3)c3ccccc3)cc2)cc1. The van der Waals surface area contributed by atoms with Crippen LogP contribution in [0.15, 0.2) is 285 Å². The molecule has 0 bridgehead atoms. The summed E-state index contributed by atoms with van der Waals surface area (Å²) in [4.78, 5) is 17.7. The van der Waals surface area contributed by atoms with Crippen molar-refractivity contribution in [3.05, 3.63) is 307 Å². The Morgan fingerprint density at radius 1 is 0.293 bits per heavy atom. The molecular formula is C70H47N5. The number of aromatic nitrogens is 4. The summed E-state index contributed by atoms with van der Waals surface area (Å²) in [5.41, 5.74) is 18.8. The Hall–Kier alpha value is -9.97. The van der Waals surface area contributed by atoms with Crippen LogP contribution in [0.5, 0.6) is 0 Å². The van der Waals surface area contributed by atoms with Gasteiger partial charge in [-0.3, -0.25) is 4.57 Å². The van der Waals surface area contributed by atoms with E-state index in [9.17, 15) is 0 Å². The van der Waals surface area contributed by atoms with E-state index < -0.39 is 5.41 Å². The first-order valence-electron chi connectivity index (χ1n) is 25.5. The molecule has 1 aliphatic rings. The molecule has 13 aromatic rings. The van der Waals surface area contributed by atoms with Gasteiger partial charge in [0.2, 0.25) is 5.95 Å². The molecule has 352 valence electrons. The van der Waals surface area contributed by atoms with Crippen LogP contribution in [0.25, 0.3) is 83.9 Å². The molecule has 0 spiro atoms. The highest BCUT2D eigenvalue weighted by molar-refractivity contribution is 6.10. The number of rotatable bonds is 10. The monoisotopic (exact) mass is 957 g/mol. The quantitative estimate of drug-likeness (QED) is 0.137. The van der Waals surface area contributed by atoms with Gasteiger partial charge in [0.25, 0.3) is 0 Å². The third-order valence-corrected chi connectivity index (χ3v) is 15.0. The molecule has 1 aliphatic carbocycles. The fourth-order valence-corrected chi connectivity index (χ4v) is 11.5.